The van der Waals surface area contributed by atoms with Crippen LogP contribution in [0.1, 0.15) is 17.4 Å². The Balaban J connectivity index is 1.61. The lowest BCUT2D eigenvalue weighted by atomic mass is 10.2. The van der Waals surface area contributed by atoms with Crippen molar-refractivity contribution < 1.29 is 28.5 Å². The lowest BCUT2D eigenvalue weighted by Crippen LogP contribution is -2.32. The highest BCUT2D eigenvalue weighted by atomic mass is 16.5. The number of ether oxygens (including phenoxy) is 4. The van der Waals surface area contributed by atoms with Crippen LogP contribution in [0.5, 0.6) is 17.2 Å². The first kappa shape index (κ1) is 24.3. The lowest BCUT2D eigenvalue weighted by Gasteiger charge is -2.16. The molecule has 0 aliphatic carbocycles. The van der Waals surface area contributed by atoms with E-state index in [1.54, 1.807) is 30.3 Å². The molecule has 0 saturated carbocycles. The van der Waals surface area contributed by atoms with Gasteiger partial charge in [0.15, 0.2) is 11.8 Å². The van der Waals surface area contributed by atoms with Crippen molar-refractivity contribution in [2.45, 2.75) is 19.6 Å². The van der Waals surface area contributed by atoms with Crippen molar-refractivity contribution in [3.8, 4) is 17.2 Å². The van der Waals surface area contributed by atoms with E-state index in [1.807, 2.05) is 18.2 Å². The van der Waals surface area contributed by atoms with Crippen LogP contribution >= 0.6 is 0 Å². The fraction of sp³-hybridized carbons (Fsp3) is 0.250. The first-order valence-corrected chi connectivity index (χ1v) is 10.4. The topological polar surface area (TPSA) is 118 Å². The second-order valence-electron chi connectivity index (χ2n) is 7.04. The first-order valence-electron chi connectivity index (χ1n) is 10.4. The molecule has 178 valence electrons. The Hall–Kier alpha value is -4.34. The largest absolute Gasteiger partial charge is 0.497 e. The van der Waals surface area contributed by atoms with E-state index in [1.165, 1.54) is 33.3 Å². The average molecular weight is 467 g/mol. The molecule has 34 heavy (non-hydrogen) atoms. The number of rotatable bonds is 10. The molecule has 0 aliphatic heterocycles. The maximum atomic E-state index is 12.6. The number of carbonyl (C=O) groups is 2. The summed E-state index contributed by atoms with van der Waals surface area (Å²) in [5.74, 6) is 0.156. The molecule has 0 aliphatic rings. The third-order valence-corrected chi connectivity index (χ3v) is 4.71. The minimum Gasteiger partial charge on any atom is -0.497 e. The summed E-state index contributed by atoms with van der Waals surface area (Å²) >= 11 is 0. The second-order valence-corrected chi connectivity index (χ2v) is 7.04. The van der Waals surface area contributed by atoms with E-state index in [9.17, 15) is 14.4 Å². The molecule has 10 nitrogen and oxygen atoms in total. The summed E-state index contributed by atoms with van der Waals surface area (Å²) < 4.78 is 22.3. The van der Waals surface area contributed by atoms with E-state index < -0.39 is 23.5 Å². The van der Waals surface area contributed by atoms with Crippen LogP contribution < -0.4 is 25.1 Å². The number of para-hydroxylation sites is 1. The smallest absolute Gasteiger partial charge is 0.359 e. The Bertz CT molecular complexity index is 1190. The van der Waals surface area contributed by atoms with Gasteiger partial charge >= 0.3 is 5.97 Å². The van der Waals surface area contributed by atoms with Gasteiger partial charge in [-0.2, -0.15) is 5.10 Å². The number of hydrogen-bond donors (Lipinski definition) is 1. The Labute approximate surface area is 196 Å². The van der Waals surface area contributed by atoms with Crippen molar-refractivity contribution in [3.63, 3.8) is 0 Å². The third kappa shape index (κ3) is 6.35. The van der Waals surface area contributed by atoms with Crippen LogP contribution in [0.25, 0.3) is 0 Å². The van der Waals surface area contributed by atoms with Gasteiger partial charge in [0.2, 0.25) is 0 Å². The number of benzene rings is 2. The van der Waals surface area contributed by atoms with Gasteiger partial charge in [-0.25, -0.2) is 9.48 Å². The van der Waals surface area contributed by atoms with Gasteiger partial charge in [0.05, 0.1) is 26.5 Å². The minimum absolute atomic E-state index is 0.113. The van der Waals surface area contributed by atoms with Gasteiger partial charge in [0.1, 0.15) is 23.9 Å². The van der Waals surface area contributed by atoms with Crippen LogP contribution in [0.3, 0.4) is 0 Å². The van der Waals surface area contributed by atoms with Crippen LogP contribution in [0.4, 0.5) is 5.69 Å². The van der Waals surface area contributed by atoms with Gasteiger partial charge < -0.3 is 24.3 Å². The fourth-order valence-corrected chi connectivity index (χ4v) is 2.91. The number of methoxy groups -OCH3 is 2. The Morgan fingerprint density at radius 2 is 1.76 bits per heavy atom. The molecule has 0 bridgehead atoms. The predicted molar refractivity (Wildman–Crippen MR) is 123 cm³/mol. The molecule has 0 radical (unpaired) electrons. The molecule has 3 aromatic rings. The SMILES string of the molecule is COc1ccc(OC)c(NC(=O)C(C)OC(=O)c2ccc(=O)n(CCOc3ccccc3)n2)c1. The summed E-state index contributed by atoms with van der Waals surface area (Å²) in [4.78, 5) is 37.2. The molecule has 10 heteroatoms. The molecule has 1 N–H and O–H groups in total. The first-order chi connectivity index (χ1) is 16.4. The number of hydrogen-bond acceptors (Lipinski definition) is 8. The van der Waals surface area contributed by atoms with Crippen LogP contribution in [-0.4, -0.2) is 48.6 Å². The number of nitrogens with one attached hydrogen (secondary N) is 1. The minimum atomic E-state index is -1.15. The Kier molecular flexibility index (Phi) is 8.22. The summed E-state index contributed by atoms with van der Waals surface area (Å²) in [6, 6.07) is 16.5. The van der Waals surface area contributed by atoms with Gasteiger partial charge in [-0.05, 0) is 37.3 Å². The predicted octanol–water partition coefficient (Wildman–Crippen LogP) is 2.52. The molecule has 1 atom stereocenters. The van der Waals surface area contributed by atoms with Crippen LogP contribution in [-0.2, 0) is 16.1 Å². The van der Waals surface area contributed by atoms with Gasteiger partial charge in [-0.3, -0.25) is 9.59 Å². The number of amides is 1. The van der Waals surface area contributed by atoms with E-state index in [0.29, 0.717) is 22.9 Å². The summed E-state index contributed by atoms with van der Waals surface area (Å²) in [6.07, 6.45) is -1.15. The summed E-state index contributed by atoms with van der Waals surface area (Å²) in [5.41, 5.74) is -0.151. The van der Waals surface area contributed by atoms with Gasteiger partial charge in [-0.1, -0.05) is 18.2 Å². The average Bonchev–Trinajstić information content (AvgIpc) is 2.85. The van der Waals surface area contributed by atoms with Crippen LogP contribution in [0.15, 0.2) is 65.5 Å². The van der Waals surface area contributed by atoms with Crippen molar-refractivity contribution in [1.29, 1.82) is 0 Å². The maximum absolute atomic E-state index is 12.6. The highest BCUT2D eigenvalue weighted by Crippen LogP contribution is 2.29. The standard InChI is InChI=1S/C24H25N3O7/c1-16(23(29)25-20-15-18(31-2)9-11-21(20)32-3)34-24(30)19-10-12-22(28)27(26-19)13-14-33-17-7-5-4-6-8-17/h4-12,15-16H,13-14H2,1-3H3,(H,25,29). The van der Waals surface area contributed by atoms with Crippen molar-refractivity contribution >= 4 is 17.6 Å². The lowest BCUT2D eigenvalue weighted by molar-refractivity contribution is -0.123. The molecule has 0 spiro atoms. The number of nitrogens with zero attached hydrogens (tertiary/aromatic N) is 2. The molecule has 3 rings (SSSR count). The Morgan fingerprint density at radius 3 is 2.47 bits per heavy atom. The highest BCUT2D eigenvalue weighted by Gasteiger charge is 2.22. The molecule has 1 unspecified atom stereocenters. The number of carbonyl (C=O) groups excluding carboxylic acids is 2. The zero-order chi connectivity index (χ0) is 24.5. The second kappa shape index (κ2) is 11.5. The Morgan fingerprint density at radius 1 is 1.00 bits per heavy atom. The van der Waals surface area contributed by atoms with Crippen molar-refractivity contribution in [1.82, 2.24) is 9.78 Å². The zero-order valence-electron chi connectivity index (χ0n) is 19.0. The fourth-order valence-electron chi connectivity index (χ4n) is 2.91. The van der Waals surface area contributed by atoms with E-state index >= 15 is 0 Å². The summed E-state index contributed by atoms with van der Waals surface area (Å²) in [6.45, 7) is 1.72. The molecule has 1 amide bonds. The van der Waals surface area contributed by atoms with Gasteiger partial charge in [0.25, 0.3) is 11.5 Å². The normalized spacial score (nSPS) is 11.3. The van der Waals surface area contributed by atoms with Crippen LogP contribution in [0, 0.1) is 0 Å². The molecule has 2 aromatic carbocycles. The zero-order valence-corrected chi connectivity index (χ0v) is 19.0. The number of esters is 1. The van der Waals surface area contributed by atoms with Crippen LogP contribution in [0.2, 0.25) is 0 Å². The monoisotopic (exact) mass is 467 g/mol. The van der Waals surface area contributed by atoms with E-state index in [0.717, 1.165) is 4.68 Å². The van der Waals surface area contributed by atoms with Gasteiger partial charge in [-0.15, -0.1) is 0 Å². The molecule has 0 saturated heterocycles. The van der Waals surface area contributed by atoms with E-state index in [-0.39, 0.29) is 18.8 Å². The molecular weight excluding hydrogens is 442 g/mol. The molecule has 1 aromatic heterocycles. The van der Waals surface area contributed by atoms with Crippen molar-refractivity contribution in [2.75, 3.05) is 26.1 Å². The molecular formula is C24H25N3O7. The summed E-state index contributed by atoms with van der Waals surface area (Å²) in [7, 11) is 2.96. The van der Waals surface area contributed by atoms with Crippen molar-refractivity contribution in [3.05, 3.63) is 76.7 Å². The summed E-state index contributed by atoms with van der Waals surface area (Å²) in [5, 5.41) is 6.67. The molecule has 1 heterocycles. The number of anilines is 1. The maximum Gasteiger partial charge on any atom is 0.359 e. The third-order valence-electron chi connectivity index (χ3n) is 4.71. The quantitative estimate of drug-likeness (QED) is 0.452. The van der Waals surface area contributed by atoms with E-state index in [4.69, 9.17) is 18.9 Å². The molecule has 0 fully saturated rings. The van der Waals surface area contributed by atoms with Gasteiger partial charge in [0, 0.05) is 12.1 Å². The number of aromatic nitrogens is 2. The van der Waals surface area contributed by atoms with Crippen molar-refractivity contribution in [2.24, 2.45) is 0 Å². The van der Waals surface area contributed by atoms with E-state index in [2.05, 4.69) is 10.4 Å². The highest BCUT2D eigenvalue weighted by molar-refractivity contribution is 5.97.